The Morgan fingerprint density at radius 3 is 1.73 bits per heavy atom. The van der Waals surface area contributed by atoms with Crippen molar-refractivity contribution in [3.8, 4) is 11.1 Å². The number of nitrogens with two attached hydrogens (primary N) is 1. The van der Waals surface area contributed by atoms with Gasteiger partial charge in [0.1, 0.15) is 5.82 Å². The Bertz CT molecular complexity index is 3340. The molecule has 0 spiro atoms. The van der Waals surface area contributed by atoms with Crippen LogP contribution in [0.3, 0.4) is 0 Å². The van der Waals surface area contributed by atoms with Crippen molar-refractivity contribution < 1.29 is 48.0 Å². The summed E-state index contributed by atoms with van der Waals surface area (Å²) in [5, 5.41) is 21.1. The fourth-order valence-electron chi connectivity index (χ4n) is 8.13. The number of carbonyl (C=O) groups excluding carboxylic acids is 2. The quantitative estimate of drug-likeness (QED) is 0.0582. The Hall–Kier alpha value is -7.90. The molecule has 8 N–H and O–H groups in total. The van der Waals surface area contributed by atoms with Gasteiger partial charge >= 0.3 is 14.2 Å². The van der Waals surface area contributed by atoms with E-state index in [1.807, 2.05) is 82.6 Å². The summed E-state index contributed by atoms with van der Waals surface area (Å²) in [7, 11) is -0.687. The van der Waals surface area contributed by atoms with E-state index >= 15 is 0 Å². The van der Waals surface area contributed by atoms with Crippen LogP contribution in [-0.4, -0.2) is 102 Å². The molecule has 0 atom stereocenters. The van der Waals surface area contributed by atoms with Gasteiger partial charge in [-0.15, -0.1) is 0 Å². The second kappa shape index (κ2) is 21.7. The van der Waals surface area contributed by atoms with Crippen LogP contribution in [0.2, 0.25) is 0 Å². The second-order valence-corrected chi connectivity index (χ2v) is 19.8. The van der Waals surface area contributed by atoms with E-state index in [1.54, 1.807) is 24.7 Å². The number of hydrogen-bond donors (Lipinski definition) is 7. The lowest BCUT2D eigenvalue weighted by molar-refractivity contribution is -0.135. The molecule has 0 radical (unpaired) electrons. The van der Waals surface area contributed by atoms with Crippen molar-refractivity contribution in [3.05, 3.63) is 126 Å². The normalized spacial score (nSPS) is 16.1. The van der Waals surface area contributed by atoms with Crippen LogP contribution in [0.1, 0.15) is 101 Å². The standard InChI is InChI=1S/C21H16N6O.C15H18BNO3.C14H18BNO2.2C2H4O2/c22-21-24-4-3-20(27-21)26-15-5-13-8-23-10-18(13)16(7-15)12-1-2-19-17(6-12)14(11-28)9-25-19;1-14(2)15(3,4)20-16(19-14)11-5-6-13-12(7-11)10(9-18)8-17-13;1-13(2)14(3,4)18-15(17-13)11-5-6-12-10(9-11)7-8-16-12;2*1-2(3)4/h1-9,11,25H,10H2,(H3,22,24,26,27);5-9,17H,1-4H3;5-9,16H,1-4H3;2*1H3,(H,3,4). The third-order valence-corrected chi connectivity index (χ3v) is 13.4. The summed E-state index contributed by atoms with van der Waals surface area (Å²) >= 11 is 0. The Morgan fingerprint density at radius 2 is 1.19 bits per heavy atom. The van der Waals surface area contributed by atoms with Gasteiger partial charge in [-0.05, 0) is 137 Å². The largest absolute Gasteiger partial charge is 0.494 e. The Balaban J connectivity index is 0.000000155. The van der Waals surface area contributed by atoms with Crippen LogP contribution in [0.15, 0.2) is 109 Å². The van der Waals surface area contributed by atoms with Crippen LogP contribution in [-0.2, 0) is 34.8 Å². The van der Waals surface area contributed by atoms with Gasteiger partial charge in [0, 0.05) is 94.5 Å². The van der Waals surface area contributed by atoms with Crippen molar-refractivity contribution in [1.29, 1.82) is 0 Å². The number of H-pyrrole nitrogens is 3. The van der Waals surface area contributed by atoms with Crippen molar-refractivity contribution in [1.82, 2.24) is 24.9 Å². The van der Waals surface area contributed by atoms with Crippen LogP contribution in [0.5, 0.6) is 0 Å². The first kappa shape index (κ1) is 53.9. The van der Waals surface area contributed by atoms with Gasteiger partial charge in [-0.1, -0.05) is 30.3 Å². The Kier molecular flexibility index (Phi) is 15.8. The van der Waals surface area contributed by atoms with Crippen LogP contribution >= 0.6 is 0 Å². The number of anilines is 3. The number of aromatic nitrogens is 5. The highest BCUT2D eigenvalue weighted by Gasteiger charge is 2.52. The predicted molar refractivity (Wildman–Crippen MR) is 290 cm³/mol. The van der Waals surface area contributed by atoms with Gasteiger partial charge in [0.15, 0.2) is 12.6 Å². The topological polar surface area (TPSA) is 269 Å². The zero-order chi connectivity index (χ0) is 53.8. The molecular weight excluding hydrogens is 942 g/mol. The highest BCUT2D eigenvalue weighted by molar-refractivity contribution is 6.63. The summed E-state index contributed by atoms with van der Waals surface area (Å²) in [6.07, 6.45) is 10.6. The molecule has 0 saturated carbocycles. The molecule has 74 heavy (non-hydrogen) atoms. The number of benzene rings is 4. The monoisotopic (exact) mass is 1000 g/mol. The minimum atomic E-state index is -0.833. The fraction of sp³-hybridized carbons (Fsp3) is 0.278. The van der Waals surface area contributed by atoms with Crippen LogP contribution < -0.4 is 22.0 Å². The number of nitrogens with one attached hydrogen (secondary N) is 4. The highest BCUT2D eigenvalue weighted by atomic mass is 16.7. The zero-order valence-electron chi connectivity index (χ0n) is 43.0. The lowest BCUT2D eigenvalue weighted by Gasteiger charge is -2.32. The molecule has 382 valence electrons. The number of aliphatic imine (C=N–C) groups is 1. The van der Waals surface area contributed by atoms with Gasteiger partial charge in [0.05, 0.1) is 28.9 Å². The summed E-state index contributed by atoms with van der Waals surface area (Å²) in [5.41, 5.74) is 15.9. The first-order valence-electron chi connectivity index (χ1n) is 23.7. The average Bonchev–Trinajstić information content (AvgIpc) is 4.19. The van der Waals surface area contributed by atoms with E-state index in [1.165, 1.54) is 5.39 Å². The number of nitrogen functional groups attached to an aromatic ring is 1. The summed E-state index contributed by atoms with van der Waals surface area (Å²) in [5.74, 6) is -0.829. The van der Waals surface area contributed by atoms with E-state index in [9.17, 15) is 9.59 Å². The van der Waals surface area contributed by atoms with E-state index in [4.69, 9.17) is 44.2 Å². The number of carbonyl (C=O) groups is 4. The molecule has 4 aromatic carbocycles. The predicted octanol–water partition coefficient (Wildman–Crippen LogP) is 8.62. The van der Waals surface area contributed by atoms with Crippen molar-refractivity contribution in [2.75, 3.05) is 11.1 Å². The molecule has 3 aliphatic heterocycles. The first-order chi connectivity index (χ1) is 34.9. The number of aliphatic carboxylic acids is 2. The Labute approximate surface area is 428 Å². The van der Waals surface area contributed by atoms with Gasteiger partial charge in [-0.25, -0.2) is 4.98 Å². The second-order valence-electron chi connectivity index (χ2n) is 19.8. The lowest BCUT2D eigenvalue weighted by Crippen LogP contribution is -2.41. The first-order valence-corrected chi connectivity index (χ1v) is 23.7. The van der Waals surface area contributed by atoms with Crippen LogP contribution in [0.25, 0.3) is 43.8 Å². The van der Waals surface area contributed by atoms with Gasteiger partial charge in [0.2, 0.25) is 5.95 Å². The summed E-state index contributed by atoms with van der Waals surface area (Å²) in [4.78, 5) is 62.3. The van der Waals surface area contributed by atoms with Gasteiger partial charge < -0.3 is 54.8 Å². The molecule has 8 aromatic rings. The molecule has 18 nitrogen and oxygen atoms in total. The van der Waals surface area contributed by atoms with E-state index in [0.29, 0.717) is 23.5 Å². The zero-order valence-corrected chi connectivity index (χ0v) is 43.0. The molecular formula is C54H60B2N8O10. The maximum Gasteiger partial charge on any atom is 0.494 e. The van der Waals surface area contributed by atoms with Crippen molar-refractivity contribution in [3.63, 3.8) is 0 Å². The highest BCUT2D eigenvalue weighted by Crippen LogP contribution is 2.39. The third kappa shape index (κ3) is 12.1. The van der Waals surface area contributed by atoms with Crippen molar-refractivity contribution in [2.24, 2.45) is 4.99 Å². The molecule has 2 fully saturated rings. The average molecular weight is 1000 g/mol. The molecule has 7 heterocycles. The number of nitrogens with zero attached hydrogens (tertiary/aromatic N) is 3. The minimum absolute atomic E-state index is 0.215. The maximum absolute atomic E-state index is 11.3. The number of rotatable bonds is 7. The number of fused-ring (bicyclic) bond motifs is 4. The minimum Gasteiger partial charge on any atom is -0.481 e. The number of hydrogen-bond acceptors (Lipinski definition) is 13. The molecule has 11 rings (SSSR count). The fourth-order valence-corrected chi connectivity index (χ4v) is 8.13. The maximum atomic E-state index is 11.3. The van der Waals surface area contributed by atoms with Gasteiger partial charge in [0.25, 0.3) is 11.9 Å². The molecule has 0 aliphatic carbocycles. The molecule has 4 aromatic heterocycles. The van der Waals surface area contributed by atoms with Crippen molar-refractivity contribution >= 4 is 106 Å². The van der Waals surface area contributed by atoms with Crippen LogP contribution in [0.4, 0.5) is 17.5 Å². The van der Waals surface area contributed by atoms with Crippen molar-refractivity contribution in [2.45, 2.75) is 98.2 Å². The van der Waals surface area contributed by atoms with E-state index in [2.05, 4.69) is 93.3 Å². The van der Waals surface area contributed by atoms with E-state index < -0.39 is 19.1 Å². The number of aromatic amines is 3. The summed E-state index contributed by atoms with van der Waals surface area (Å²) in [6, 6.07) is 26.1. The lowest BCUT2D eigenvalue weighted by atomic mass is 9.78. The molecule has 3 aliphatic rings. The molecule has 20 heteroatoms. The molecule has 2 saturated heterocycles. The number of carboxylic acid groups (broad SMARTS) is 2. The number of carboxylic acids is 2. The summed E-state index contributed by atoms with van der Waals surface area (Å²) < 4.78 is 24.1. The summed E-state index contributed by atoms with van der Waals surface area (Å²) in [6.45, 7) is 19.2. The smallest absolute Gasteiger partial charge is 0.481 e. The van der Waals surface area contributed by atoms with Gasteiger partial charge in [-0.3, -0.25) is 24.2 Å². The van der Waals surface area contributed by atoms with E-state index in [-0.39, 0.29) is 35.5 Å². The Morgan fingerprint density at radius 1 is 0.676 bits per heavy atom. The molecule has 0 amide bonds. The molecule has 0 unspecified atom stereocenters. The number of aldehydes is 2. The van der Waals surface area contributed by atoms with E-state index in [0.717, 1.165) is 92.6 Å². The third-order valence-electron chi connectivity index (χ3n) is 13.4. The van der Waals surface area contributed by atoms with Crippen LogP contribution in [0, 0.1) is 0 Å². The van der Waals surface area contributed by atoms with Gasteiger partial charge in [-0.2, -0.15) is 4.98 Å². The SMILES string of the molecule is CC(=O)O.CC(=O)O.CC1(C)OB(c2ccc3[nH]cc(C=O)c3c2)OC1(C)C.CC1(C)OB(c2ccc3[nH]ccc3c2)OC1(C)C.Nc1nccc(Nc2cc3c(c(-c4ccc5[nH]cc(C=O)c5c4)c2)CN=C3)n1. The molecule has 0 bridgehead atoms.